The Labute approximate surface area is 183 Å². The van der Waals surface area contributed by atoms with E-state index >= 15 is 0 Å². The normalized spacial score (nSPS) is 12.8. The van der Waals surface area contributed by atoms with Crippen LogP contribution in [0, 0.1) is 6.92 Å². The fourth-order valence-electron chi connectivity index (χ4n) is 3.91. The molecule has 0 saturated heterocycles. The fraction of sp³-hybridized carbons (Fsp3) is 0.179. The lowest BCUT2D eigenvalue weighted by Crippen LogP contribution is -2.40. The summed E-state index contributed by atoms with van der Waals surface area (Å²) in [5.41, 5.74) is 3.27. The van der Waals surface area contributed by atoms with E-state index in [0.717, 1.165) is 33.2 Å². The monoisotopic (exact) mass is 409 g/mol. The second-order valence-electron chi connectivity index (χ2n) is 7.70. The van der Waals surface area contributed by atoms with Crippen molar-refractivity contribution in [2.24, 2.45) is 0 Å². The highest BCUT2D eigenvalue weighted by Gasteiger charge is 2.25. The molecule has 4 rings (SSSR count). The molecular formula is C28H27NO2. The predicted octanol–water partition coefficient (Wildman–Crippen LogP) is 6.21. The average Bonchev–Trinajstić information content (AvgIpc) is 2.82. The SMILES string of the molecule is CC[C@H](Oc1cccc2ccccc12)C(=O)N[C@H](c1ccccc1)c1ccccc1C. The minimum Gasteiger partial charge on any atom is -0.480 e. The molecule has 0 fully saturated rings. The largest absolute Gasteiger partial charge is 0.480 e. The molecule has 0 unspecified atom stereocenters. The van der Waals surface area contributed by atoms with Gasteiger partial charge in [-0.1, -0.05) is 97.9 Å². The molecule has 1 N–H and O–H groups in total. The Bertz CT molecular complexity index is 1160. The first-order valence-electron chi connectivity index (χ1n) is 10.7. The van der Waals surface area contributed by atoms with Crippen LogP contribution in [-0.4, -0.2) is 12.0 Å². The summed E-state index contributed by atoms with van der Waals surface area (Å²) in [5, 5.41) is 5.35. The smallest absolute Gasteiger partial charge is 0.261 e. The topological polar surface area (TPSA) is 38.3 Å². The van der Waals surface area contributed by atoms with Gasteiger partial charge in [0.15, 0.2) is 6.10 Å². The second kappa shape index (κ2) is 9.48. The zero-order valence-electron chi connectivity index (χ0n) is 17.9. The molecule has 4 aromatic rings. The van der Waals surface area contributed by atoms with Gasteiger partial charge >= 0.3 is 0 Å². The summed E-state index contributed by atoms with van der Waals surface area (Å²) in [7, 11) is 0. The number of benzene rings is 4. The van der Waals surface area contributed by atoms with Crippen molar-refractivity contribution in [3.05, 3.63) is 114 Å². The van der Waals surface area contributed by atoms with E-state index in [1.54, 1.807) is 0 Å². The number of aryl methyl sites for hydroxylation is 1. The third-order valence-corrected chi connectivity index (χ3v) is 5.60. The lowest BCUT2D eigenvalue weighted by Gasteiger charge is -2.25. The third-order valence-electron chi connectivity index (χ3n) is 5.60. The number of rotatable bonds is 7. The van der Waals surface area contributed by atoms with Crippen LogP contribution in [0.1, 0.15) is 36.1 Å². The molecule has 0 aromatic heterocycles. The maximum atomic E-state index is 13.3. The van der Waals surface area contributed by atoms with Crippen LogP contribution >= 0.6 is 0 Å². The van der Waals surface area contributed by atoms with Crippen molar-refractivity contribution >= 4 is 16.7 Å². The van der Waals surface area contributed by atoms with Crippen LogP contribution in [0.4, 0.5) is 0 Å². The molecule has 0 spiro atoms. The molecule has 3 heteroatoms. The Morgan fingerprint density at radius 1 is 0.839 bits per heavy atom. The van der Waals surface area contributed by atoms with Gasteiger partial charge in [0.05, 0.1) is 6.04 Å². The Hall–Kier alpha value is -3.59. The number of carbonyl (C=O) groups excluding carboxylic acids is 1. The van der Waals surface area contributed by atoms with Gasteiger partial charge in [-0.25, -0.2) is 0 Å². The van der Waals surface area contributed by atoms with Crippen LogP contribution in [0.25, 0.3) is 10.8 Å². The first-order valence-corrected chi connectivity index (χ1v) is 10.7. The Balaban J connectivity index is 1.62. The lowest BCUT2D eigenvalue weighted by atomic mass is 9.94. The summed E-state index contributed by atoms with van der Waals surface area (Å²) in [6.07, 6.45) is -0.00863. The van der Waals surface area contributed by atoms with Gasteiger partial charge in [-0.05, 0) is 41.5 Å². The summed E-state index contributed by atoms with van der Waals surface area (Å²) >= 11 is 0. The molecule has 3 nitrogen and oxygen atoms in total. The van der Waals surface area contributed by atoms with E-state index in [1.165, 1.54) is 0 Å². The van der Waals surface area contributed by atoms with E-state index in [2.05, 4.69) is 24.4 Å². The summed E-state index contributed by atoms with van der Waals surface area (Å²) in [5.74, 6) is 0.611. The molecule has 2 atom stereocenters. The molecular weight excluding hydrogens is 382 g/mol. The molecule has 0 saturated carbocycles. The maximum absolute atomic E-state index is 13.3. The van der Waals surface area contributed by atoms with E-state index in [0.29, 0.717) is 6.42 Å². The van der Waals surface area contributed by atoms with Gasteiger partial charge in [-0.3, -0.25) is 4.79 Å². The van der Waals surface area contributed by atoms with Crippen molar-refractivity contribution in [1.29, 1.82) is 0 Å². The average molecular weight is 410 g/mol. The van der Waals surface area contributed by atoms with Crippen LogP contribution in [0.15, 0.2) is 97.1 Å². The third kappa shape index (κ3) is 4.61. The molecule has 156 valence electrons. The van der Waals surface area contributed by atoms with Crippen molar-refractivity contribution in [3.8, 4) is 5.75 Å². The molecule has 1 amide bonds. The number of ether oxygens (including phenoxy) is 1. The Morgan fingerprint density at radius 2 is 1.52 bits per heavy atom. The van der Waals surface area contributed by atoms with Gasteiger partial charge in [0.2, 0.25) is 0 Å². The standard InChI is InChI=1S/C28H27NO2/c1-3-25(31-26-19-11-16-21-13-8-10-18-24(21)26)28(30)29-27(22-14-5-4-6-15-22)23-17-9-7-12-20(23)2/h4-19,25,27H,3H2,1-2H3,(H,29,30)/t25-,27+/m0/s1. The molecule has 0 aliphatic rings. The molecule has 0 aliphatic carbocycles. The van der Waals surface area contributed by atoms with Crippen molar-refractivity contribution in [1.82, 2.24) is 5.32 Å². The predicted molar refractivity (Wildman–Crippen MR) is 126 cm³/mol. The van der Waals surface area contributed by atoms with E-state index < -0.39 is 6.10 Å². The Kier molecular flexibility index (Phi) is 6.32. The van der Waals surface area contributed by atoms with Crippen molar-refractivity contribution < 1.29 is 9.53 Å². The summed E-state index contributed by atoms with van der Waals surface area (Å²) in [6, 6.07) is 32.0. The van der Waals surface area contributed by atoms with Crippen molar-refractivity contribution in [3.63, 3.8) is 0 Å². The van der Waals surface area contributed by atoms with E-state index in [1.807, 2.05) is 91.9 Å². The van der Waals surface area contributed by atoms with Gasteiger partial charge in [0.1, 0.15) is 5.75 Å². The van der Waals surface area contributed by atoms with Crippen molar-refractivity contribution in [2.75, 3.05) is 0 Å². The zero-order valence-corrected chi connectivity index (χ0v) is 17.9. The zero-order chi connectivity index (χ0) is 21.6. The highest BCUT2D eigenvalue weighted by molar-refractivity contribution is 5.89. The minimum absolute atomic E-state index is 0.118. The van der Waals surface area contributed by atoms with Crippen LogP contribution in [0.5, 0.6) is 5.75 Å². The quantitative estimate of drug-likeness (QED) is 0.394. The second-order valence-corrected chi connectivity index (χ2v) is 7.70. The van der Waals surface area contributed by atoms with Crippen LogP contribution in [-0.2, 0) is 4.79 Å². The first-order chi connectivity index (χ1) is 15.2. The maximum Gasteiger partial charge on any atom is 0.261 e. The number of fused-ring (bicyclic) bond motifs is 1. The number of carbonyl (C=O) groups is 1. The number of amides is 1. The van der Waals surface area contributed by atoms with Gasteiger partial charge in [0.25, 0.3) is 5.91 Å². The minimum atomic E-state index is -0.582. The van der Waals surface area contributed by atoms with Gasteiger partial charge in [-0.2, -0.15) is 0 Å². The summed E-state index contributed by atoms with van der Waals surface area (Å²) in [4.78, 5) is 13.3. The van der Waals surface area contributed by atoms with E-state index in [4.69, 9.17) is 4.74 Å². The molecule has 4 aromatic carbocycles. The van der Waals surface area contributed by atoms with Crippen molar-refractivity contribution in [2.45, 2.75) is 32.4 Å². The number of hydrogen-bond donors (Lipinski definition) is 1. The van der Waals surface area contributed by atoms with Gasteiger partial charge < -0.3 is 10.1 Å². The summed E-state index contributed by atoms with van der Waals surface area (Å²) < 4.78 is 6.23. The lowest BCUT2D eigenvalue weighted by molar-refractivity contribution is -0.128. The Morgan fingerprint density at radius 3 is 2.29 bits per heavy atom. The summed E-state index contributed by atoms with van der Waals surface area (Å²) in [6.45, 7) is 4.04. The molecule has 0 aliphatic heterocycles. The van der Waals surface area contributed by atoms with Crippen LogP contribution in [0.2, 0.25) is 0 Å². The highest BCUT2D eigenvalue weighted by Crippen LogP contribution is 2.28. The van der Waals surface area contributed by atoms with E-state index in [-0.39, 0.29) is 11.9 Å². The van der Waals surface area contributed by atoms with Gasteiger partial charge in [0, 0.05) is 5.39 Å². The van der Waals surface area contributed by atoms with Crippen LogP contribution in [0.3, 0.4) is 0 Å². The number of hydrogen-bond acceptors (Lipinski definition) is 2. The molecule has 31 heavy (non-hydrogen) atoms. The fourth-order valence-corrected chi connectivity index (χ4v) is 3.91. The molecule has 0 bridgehead atoms. The number of nitrogens with one attached hydrogen (secondary N) is 1. The molecule has 0 heterocycles. The first kappa shape index (κ1) is 20.7. The van der Waals surface area contributed by atoms with Gasteiger partial charge in [-0.15, -0.1) is 0 Å². The molecule has 0 radical (unpaired) electrons. The van der Waals surface area contributed by atoms with E-state index in [9.17, 15) is 4.79 Å². The highest BCUT2D eigenvalue weighted by atomic mass is 16.5. The van der Waals surface area contributed by atoms with Crippen LogP contribution < -0.4 is 10.1 Å².